The first-order chi connectivity index (χ1) is 8.22. The highest BCUT2D eigenvalue weighted by Gasteiger charge is 2.12. The van der Waals surface area contributed by atoms with E-state index in [0.29, 0.717) is 6.29 Å². The molecular formula is C14H28O2S. The van der Waals surface area contributed by atoms with Crippen molar-refractivity contribution >= 4 is 18.9 Å². The van der Waals surface area contributed by atoms with Crippen molar-refractivity contribution < 1.29 is 9.90 Å². The van der Waals surface area contributed by atoms with E-state index in [1.54, 1.807) is 0 Å². The Morgan fingerprint density at radius 1 is 1.00 bits per heavy atom. The van der Waals surface area contributed by atoms with Crippen LogP contribution in [0.3, 0.4) is 0 Å². The maximum atomic E-state index is 10.3. The van der Waals surface area contributed by atoms with Crippen LogP contribution in [0.15, 0.2) is 0 Å². The average Bonchev–Trinajstić information content (AvgIpc) is 2.35. The predicted molar refractivity (Wildman–Crippen MR) is 76.7 cm³/mol. The molecule has 2 atom stereocenters. The molecule has 0 aliphatic heterocycles. The number of thiol groups is 1. The van der Waals surface area contributed by atoms with Gasteiger partial charge in [0.25, 0.3) is 0 Å². The molecule has 17 heavy (non-hydrogen) atoms. The van der Waals surface area contributed by atoms with Crippen molar-refractivity contribution in [1.82, 2.24) is 0 Å². The largest absolute Gasteiger partial charge is 0.384 e. The monoisotopic (exact) mass is 260 g/mol. The molecular weight excluding hydrogens is 232 g/mol. The Labute approximate surface area is 112 Å². The standard InChI is InChI=1S/C14H28O2S/c1-2-3-4-5-6-7-8-9-10-11-14(17)13(16)12-15/h12-14,16-17H,2-11H2,1H3. The van der Waals surface area contributed by atoms with Crippen molar-refractivity contribution in [2.24, 2.45) is 0 Å². The van der Waals surface area contributed by atoms with Gasteiger partial charge in [-0.1, -0.05) is 64.7 Å². The van der Waals surface area contributed by atoms with Gasteiger partial charge < -0.3 is 9.90 Å². The van der Waals surface area contributed by atoms with E-state index in [1.165, 1.54) is 51.4 Å². The van der Waals surface area contributed by atoms with Crippen LogP contribution in [0.1, 0.15) is 71.1 Å². The number of aliphatic hydroxyl groups excluding tert-OH is 1. The Bertz CT molecular complexity index is 174. The van der Waals surface area contributed by atoms with Crippen LogP contribution in [0.4, 0.5) is 0 Å². The summed E-state index contributed by atoms with van der Waals surface area (Å²) in [6, 6.07) is 0. The number of aliphatic hydroxyl groups is 1. The van der Waals surface area contributed by atoms with Gasteiger partial charge in [-0.15, -0.1) is 0 Å². The lowest BCUT2D eigenvalue weighted by atomic mass is 10.0. The molecule has 3 heteroatoms. The third kappa shape index (κ3) is 10.8. The zero-order valence-corrected chi connectivity index (χ0v) is 12.0. The Balaban J connectivity index is 3.15. The molecule has 0 radical (unpaired) electrons. The summed E-state index contributed by atoms with van der Waals surface area (Å²) < 4.78 is 0. The zero-order valence-electron chi connectivity index (χ0n) is 11.1. The number of hydrogen-bond acceptors (Lipinski definition) is 3. The van der Waals surface area contributed by atoms with Gasteiger partial charge in [-0.3, -0.25) is 0 Å². The maximum Gasteiger partial charge on any atom is 0.149 e. The van der Waals surface area contributed by atoms with Gasteiger partial charge >= 0.3 is 0 Å². The Kier molecular flexibility index (Phi) is 12.4. The minimum absolute atomic E-state index is 0.183. The topological polar surface area (TPSA) is 37.3 Å². The molecule has 102 valence electrons. The number of unbranched alkanes of at least 4 members (excludes halogenated alkanes) is 8. The second kappa shape index (κ2) is 12.4. The Morgan fingerprint density at radius 3 is 1.94 bits per heavy atom. The second-order valence-electron chi connectivity index (χ2n) is 4.81. The summed E-state index contributed by atoms with van der Waals surface area (Å²) in [5.41, 5.74) is 0. The molecule has 0 aromatic carbocycles. The SMILES string of the molecule is CCCCCCCCCCCC(S)C(O)C=O. The fraction of sp³-hybridized carbons (Fsp3) is 0.929. The summed E-state index contributed by atoms with van der Waals surface area (Å²) in [4.78, 5) is 10.3. The lowest BCUT2D eigenvalue weighted by Gasteiger charge is -2.11. The summed E-state index contributed by atoms with van der Waals surface area (Å²) in [6.07, 6.45) is 12.1. The first kappa shape index (κ1) is 17.0. The van der Waals surface area contributed by atoms with E-state index < -0.39 is 6.10 Å². The minimum atomic E-state index is -0.896. The molecule has 0 aliphatic rings. The Morgan fingerprint density at radius 2 is 1.47 bits per heavy atom. The van der Waals surface area contributed by atoms with Crippen LogP contribution in [0.25, 0.3) is 0 Å². The smallest absolute Gasteiger partial charge is 0.149 e. The summed E-state index contributed by atoms with van der Waals surface area (Å²) in [5.74, 6) is 0. The van der Waals surface area contributed by atoms with E-state index in [0.717, 1.165) is 12.8 Å². The highest BCUT2D eigenvalue weighted by Crippen LogP contribution is 2.14. The third-order valence-corrected chi connectivity index (χ3v) is 3.70. The van der Waals surface area contributed by atoms with Crippen molar-refractivity contribution in [2.45, 2.75) is 82.5 Å². The van der Waals surface area contributed by atoms with Crippen molar-refractivity contribution in [1.29, 1.82) is 0 Å². The highest BCUT2D eigenvalue weighted by molar-refractivity contribution is 7.81. The zero-order chi connectivity index (χ0) is 12.9. The fourth-order valence-corrected chi connectivity index (χ4v) is 2.18. The van der Waals surface area contributed by atoms with Crippen LogP contribution in [-0.4, -0.2) is 22.7 Å². The van der Waals surface area contributed by atoms with E-state index in [1.807, 2.05) is 0 Å². The third-order valence-electron chi connectivity index (χ3n) is 3.14. The number of aldehydes is 1. The van der Waals surface area contributed by atoms with E-state index in [-0.39, 0.29) is 5.25 Å². The van der Waals surface area contributed by atoms with Crippen molar-refractivity contribution in [3.63, 3.8) is 0 Å². The van der Waals surface area contributed by atoms with Gasteiger partial charge in [-0.25, -0.2) is 0 Å². The maximum absolute atomic E-state index is 10.3. The molecule has 0 spiro atoms. The van der Waals surface area contributed by atoms with Gasteiger partial charge in [0.2, 0.25) is 0 Å². The Hall–Kier alpha value is -0.0200. The van der Waals surface area contributed by atoms with Crippen LogP contribution in [0.5, 0.6) is 0 Å². The van der Waals surface area contributed by atoms with Crippen LogP contribution in [0, 0.1) is 0 Å². The number of carbonyl (C=O) groups excluding carboxylic acids is 1. The van der Waals surface area contributed by atoms with Crippen LogP contribution in [0.2, 0.25) is 0 Å². The molecule has 0 saturated heterocycles. The highest BCUT2D eigenvalue weighted by atomic mass is 32.1. The molecule has 2 nitrogen and oxygen atoms in total. The van der Waals surface area contributed by atoms with Crippen molar-refractivity contribution in [3.05, 3.63) is 0 Å². The first-order valence-corrected chi connectivity index (χ1v) is 7.55. The molecule has 0 rings (SSSR count). The molecule has 2 unspecified atom stereocenters. The van der Waals surface area contributed by atoms with E-state index >= 15 is 0 Å². The van der Waals surface area contributed by atoms with E-state index in [9.17, 15) is 9.90 Å². The lowest BCUT2D eigenvalue weighted by Crippen LogP contribution is -2.22. The number of rotatable bonds is 12. The minimum Gasteiger partial charge on any atom is -0.384 e. The van der Waals surface area contributed by atoms with E-state index in [2.05, 4.69) is 19.6 Å². The van der Waals surface area contributed by atoms with Gasteiger partial charge in [-0.2, -0.15) is 12.6 Å². The average molecular weight is 260 g/mol. The summed E-state index contributed by atoms with van der Waals surface area (Å²) in [5, 5.41) is 9.02. The fourth-order valence-electron chi connectivity index (χ4n) is 1.93. The number of carbonyl (C=O) groups is 1. The molecule has 0 heterocycles. The second-order valence-corrected chi connectivity index (χ2v) is 5.47. The van der Waals surface area contributed by atoms with Gasteiger partial charge in [0.1, 0.15) is 12.4 Å². The molecule has 0 aromatic heterocycles. The van der Waals surface area contributed by atoms with Crippen LogP contribution >= 0.6 is 12.6 Å². The molecule has 0 saturated carbocycles. The quantitative estimate of drug-likeness (QED) is 0.318. The molecule has 0 bridgehead atoms. The molecule has 0 aliphatic carbocycles. The molecule has 1 N–H and O–H groups in total. The van der Waals surface area contributed by atoms with Crippen molar-refractivity contribution in [2.75, 3.05) is 0 Å². The molecule has 0 aromatic rings. The van der Waals surface area contributed by atoms with Crippen LogP contribution < -0.4 is 0 Å². The first-order valence-electron chi connectivity index (χ1n) is 7.03. The lowest BCUT2D eigenvalue weighted by molar-refractivity contribution is -0.114. The van der Waals surface area contributed by atoms with Crippen LogP contribution in [-0.2, 0) is 4.79 Å². The molecule has 0 fully saturated rings. The summed E-state index contributed by atoms with van der Waals surface area (Å²) >= 11 is 4.21. The molecule has 0 amide bonds. The number of hydrogen-bond donors (Lipinski definition) is 2. The van der Waals surface area contributed by atoms with Gasteiger partial charge in [0, 0.05) is 5.25 Å². The summed E-state index contributed by atoms with van der Waals surface area (Å²) in [7, 11) is 0. The van der Waals surface area contributed by atoms with Gasteiger partial charge in [0.05, 0.1) is 0 Å². The van der Waals surface area contributed by atoms with Gasteiger partial charge in [0.15, 0.2) is 0 Å². The summed E-state index contributed by atoms with van der Waals surface area (Å²) in [6.45, 7) is 2.24. The van der Waals surface area contributed by atoms with Gasteiger partial charge in [-0.05, 0) is 6.42 Å². The normalized spacial score (nSPS) is 14.5. The van der Waals surface area contributed by atoms with E-state index in [4.69, 9.17) is 0 Å². The predicted octanol–water partition coefficient (Wildman–Crippen LogP) is 3.77. The van der Waals surface area contributed by atoms with Crippen molar-refractivity contribution in [3.8, 4) is 0 Å².